The van der Waals surface area contributed by atoms with Crippen LogP contribution in [0.25, 0.3) is 0 Å². The van der Waals surface area contributed by atoms with Gasteiger partial charge < -0.3 is 14.9 Å². The van der Waals surface area contributed by atoms with Gasteiger partial charge in [-0.05, 0) is 37.0 Å². The summed E-state index contributed by atoms with van der Waals surface area (Å²) in [4.78, 5) is 2.30. The number of aliphatic hydroxyl groups is 2. The lowest BCUT2D eigenvalue weighted by molar-refractivity contribution is -0.0819. The molecule has 2 N–H and O–H groups in total. The normalized spacial score (nSPS) is 25.0. The quantitative estimate of drug-likeness (QED) is 0.749. The van der Waals surface area contributed by atoms with E-state index < -0.39 is 11.5 Å². The SMILES string of the molecule is CCCOc1ccc(CN2CC[C@@H](O)[C@@](CO)(CCC)C2)cc1Cl. The molecule has 2 atom stereocenters. The van der Waals surface area contributed by atoms with Crippen LogP contribution in [0.1, 0.15) is 45.1 Å². The summed E-state index contributed by atoms with van der Waals surface area (Å²) >= 11 is 6.32. The molecule has 1 aliphatic heterocycles. The summed E-state index contributed by atoms with van der Waals surface area (Å²) in [6.45, 7) is 7.17. The maximum absolute atomic E-state index is 10.4. The smallest absolute Gasteiger partial charge is 0.137 e. The highest BCUT2D eigenvalue weighted by Gasteiger charge is 2.41. The molecule has 1 aromatic rings. The number of aliphatic hydroxyl groups excluding tert-OH is 2. The molecule has 1 aliphatic rings. The molecule has 4 nitrogen and oxygen atoms in total. The van der Waals surface area contributed by atoms with Crippen molar-refractivity contribution in [1.29, 1.82) is 0 Å². The van der Waals surface area contributed by atoms with Crippen molar-refractivity contribution in [2.75, 3.05) is 26.3 Å². The first-order chi connectivity index (χ1) is 11.5. The maximum Gasteiger partial charge on any atom is 0.137 e. The van der Waals surface area contributed by atoms with Gasteiger partial charge in [0.2, 0.25) is 0 Å². The van der Waals surface area contributed by atoms with Gasteiger partial charge in [0.05, 0.1) is 24.3 Å². The summed E-state index contributed by atoms with van der Waals surface area (Å²) in [5.74, 6) is 0.729. The Morgan fingerprint density at radius 1 is 1.33 bits per heavy atom. The van der Waals surface area contributed by atoms with Crippen LogP contribution in [-0.4, -0.2) is 47.5 Å². The lowest BCUT2D eigenvalue weighted by Gasteiger charge is -2.45. The van der Waals surface area contributed by atoms with Crippen LogP contribution in [0, 0.1) is 5.41 Å². The standard InChI is InChI=1S/C19H30ClNO3/c1-3-8-19(14-22)13-21(9-7-18(19)23)12-15-5-6-17(16(20)11-15)24-10-4-2/h5-6,11,18,22-23H,3-4,7-10,12-14H2,1-2H3/t18-,19+/m1/s1. The number of benzene rings is 1. The van der Waals surface area contributed by atoms with Crippen molar-refractivity contribution in [3.8, 4) is 5.75 Å². The molecule has 0 aliphatic carbocycles. The Bertz CT molecular complexity index is 525. The number of halogens is 1. The summed E-state index contributed by atoms with van der Waals surface area (Å²) < 4.78 is 5.62. The molecule has 2 rings (SSSR count). The van der Waals surface area contributed by atoms with Gasteiger partial charge in [-0.2, -0.15) is 0 Å². The van der Waals surface area contributed by atoms with Gasteiger partial charge in [-0.15, -0.1) is 0 Å². The van der Waals surface area contributed by atoms with E-state index in [-0.39, 0.29) is 6.61 Å². The highest BCUT2D eigenvalue weighted by atomic mass is 35.5. The van der Waals surface area contributed by atoms with Crippen molar-refractivity contribution in [3.63, 3.8) is 0 Å². The first-order valence-corrected chi connectivity index (χ1v) is 9.35. The number of nitrogens with zero attached hydrogens (tertiary/aromatic N) is 1. The third-order valence-electron chi connectivity index (χ3n) is 4.89. The van der Waals surface area contributed by atoms with E-state index in [1.165, 1.54) is 0 Å². The Balaban J connectivity index is 2.04. The molecular weight excluding hydrogens is 326 g/mol. The van der Waals surface area contributed by atoms with Crippen LogP contribution in [0.2, 0.25) is 5.02 Å². The van der Waals surface area contributed by atoms with Crippen molar-refractivity contribution in [3.05, 3.63) is 28.8 Å². The monoisotopic (exact) mass is 355 g/mol. The van der Waals surface area contributed by atoms with E-state index in [1.807, 2.05) is 18.2 Å². The third kappa shape index (κ3) is 4.63. The van der Waals surface area contributed by atoms with E-state index >= 15 is 0 Å². The van der Waals surface area contributed by atoms with Crippen LogP contribution in [-0.2, 0) is 6.54 Å². The molecule has 0 aromatic heterocycles. The first-order valence-electron chi connectivity index (χ1n) is 8.97. The summed E-state index contributed by atoms with van der Waals surface area (Å²) in [7, 11) is 0. The van der Waals surface area contributed by atoms with E-state index in [1.54, 1.807) is 0 Å². The van der Waals surface area contributed by atoms with Gasteiger partial charge in [0.25, 0.3) is 0 Å². The molecule has 136 valence electrons. The van der Waals surface area contributed by atoms with Gasteiger partial charge in [-0.3, -0.25) is 4.90 Å². The number of piperidine rings is 1. The number of ether oxygens (including phenoxy) is 1. The minimum atomic E-state index is -0.424. The largest absolute Gasteiger partial charge is 0.492 e. The van der Waals surface area contributed by atoms with Crippen LogP contribution in [0.3, 0.4) is 0 Å². The first kappa shape index (κ1) is 19.5. The average molecular weight is 356 g/mol. The molecule has 1 heterocycles. The topological polar surface area (TPSA) is 52.9 Å². The van der Waals surface area contributed by atoms with Gasteiger partial charge in [0.1, 0.15) is 5.75 Å². The van der Waals surface area contributed by atoms with Crippen molar-refractivity contribution in [1.82, 2.24) is 4.90 Å². The minimum absolute atomic E-state index is 0.0308. The fraction of sp³-hybridized carbons (Fsp3) is 0.684. The zero-order chi connectivity index (χ0) is 17.6. The lowest BCUT2D eigenvalue weighted by Crippen LogP contribution is -2.53. The highest BCUT2D eigenvalue weighted by Crippen LogP contribution is 2.35. The zero-order valence-corrected chi connectivity index (χ0v) is 15.6. The maximum atomic E-state index is 10.4. The van der Waals surface area contributed by atoms with Crippen molar-refractivity contribution < 1.29 is 14.9 Å². The number of rotatable bonds is 8. The Labute approximate surface area is 150 Å². The van der Waals surface area contributed by atoms with Crippen LogP contribution >= 0.6 is 11.6 Å². The van der Waals surface area contributed by atoms with Crippen molar-refractivity contribution in [2.24, 2.45) is 5.41 Å². The number of likely N-dealkylation sites (tertiary alicyclic amines) is 1. The Morgan fingerprint density at radius 2 is 2.12 bits per heavy atom. The predicted molar refractivity (Wildman–Crippen MR) is 97.6 cm³/mol. The third-order valence-corrected chi connectivity index (χ3v) is 5.19. The summed E-state index contributed by atoms with van der Waals surface area (Å²) in [5, 5.41) is 20.9. The van der Waals surface area contributed by atoms with Crippen LogP contribution in [0.4, 0.5) is 0 Å². The Kier molecular flexibility index (Phi) is 7.35. The second-order valence-electron chi connectivity index (χ2n) is 6.90. The van der Waals surface area contributed by atoms with Gasteiger partial charge in [-0.1, -0.05) is 37.9 Å². The second kappa shape index (κ2) is 9.04. The number of hydrogen-bond donors (Lipinski definition) is 2. The second-order valence-corrected chi connectivity index (χ2v) is 7.31. The molecular formula is C19H30ClNO3. The van der Waals surface area contributed by atoms with Crippen LogP contribution in [0.5, 0.6) is 5.75 Å². The van der Waals surface area contributed by atoms with Gasteiger partial charge in [0.15, 0.2) is 0 Å². The number of hydrogen-bond acceptors (Lipinski definition) is 4. The predicted octanol–water partition coefficient (Wildman–Crippen LogP) is 3.47. The Hall–Kier alpha value is -0.810. The summed E-state index contributed by atoms with van der Waals surface area (Å²) in [6, 6.07) is 5.93. The van der Waals surface area contributed by atoms with E-state index in [4.69, 9.17) is 16.3 Å². The van der Waals surface area contributed by atoms with Gasteiger partial charge >= 0.3 is 0 Å². The van der Waals surface area contributed by atoms with Gasteiger partial charge in [0, 0.05) is 25.0 Å². The fourth-order valence-electron chi connectivity index (χ4n) is 3.58. The molecule has 0 radical (unpaired) electrons. The highest BCUT2D eigenvalue weighted by molar-refractivity contribution is 6.32. The van der Waals surface area contributed by atoms with Crippen LogP contribution < -0.4 is 4.74 Å². The molecule has 24 heavy (non-hydrogen) atoms. The Morgan fingerprint density at radius 3 is 2.75 bits per heavy atom. The molecule has 1 saturated heterocycles. The van der Waals surface area contributed by atoms with E-state index in [2.05, 4.69) is 18.7 Å². The molecule has 1 fully saturated rings. The average Bonchev–Trinajstić information content (AvgIpc) is 2.57. The molecule has 0 unspecified atom stereocenters. The fourth-order valence-corrected chi connectivity index (χ4v) is 3.84. The minimum Gasteiger partial charge on any atom is -0.492 e. The molecule has 1 aromatic carbocycles. The van der Waals surface area contributed by atoms with E-state index in [9.17, 15) is 10.2 Å². The molecule has 5 heteroatoms. The van der Waals surface area contributed by atoms with E-state index in [0.29, 0.717) is 24.6 Å². The van der Waals surface area contributed by atoms with Crippen molar-refractivity contribution >= 4 is 11.6 Å². The zero-order valence-electron chi connectivity index (χ0n) is 14.8. The van der Waals surface area contributed by atoms with Crippen molar-refractivity contribution in [2.45, 2.75) is 52.2 Å². The van der Waals surface area contributed by atoms with Gasteiger partial charge in [-0.25, -0.2) is 0 Å². The molecule has 0 saturated carbocycles. The van der Waals surface area contributed by atoms with E-state index in [0.717, 1.165) is 43.7 Å². The lowest BCUT2D eigenvalue weighted by atomic mass is 9.74. The summed E-state index contributed by atoms with van der Waals surface area (Å²) in [5.41, 5.74) is 0.726. The molecule has 0 spiro atoms. The molecule has 0 bridgehead atoms. The summed E-state index contributed by atoms with van der Waals surface area (Å²) in [6.07, 6.45) is 3.03. The molecule has 0 amide bonds. The van der Waals surface area contributed by atoms with Crippen LogP contribution in [0.15, 0.2) is 18.2 Å².